The molecule has 4 nitrogen and oxygen atoms in total. The zero-order chi connectivity index (χ0) is 19.4. The Bertz CT molecular complexity index is 982. The van der Waals surface area contributed by atoms with Crippen LogP contribution in [-0.4, -0.2) is 23.4 Å². The van der Waals surface area contributed by atoms with Gasteiger partial charge in [0, 0.05) is 28.9 Å². The molecular formula is C23H24N2O2. The highest BCUT2D eigenvalue weighted by Crippen LogP contribution is 2.21. The van der Waals surface area contributed by atoms with Gasteiger partial charge >= 0.3 is 5.97 Å². The van der Waals surface area contributed by atoms with Crippen molar-refractivity contribution in [3.05, 3.63) is 82.7 Å². The van der Waals surface area contributed by atoms with Crippen molar-refractivity contribution in [3.63, 3.8) is 0 Å². The number of esters is 1. The highest BCUT2D eigenvalue weighted by Gasteiger charge is 2.10. The van der Waals surface area contributed by atoms with Gasteiger partial charge in [0.2, 0.25) is 0 Å². The normalized spacial score (nSPS) is 11.1. The van der Waals surface area contributed by atoms with Crippen LogP contribution in [0.1, 0.15) is 39.8 Å². The average molecular weight is 360 g/mol. The summed E-state index contributed by atoms with van der Waals surface area (Å²) in [6.45, 7) is 8.41. The monoisotopic (exact) mass is 360 g/mol. The highest BCUT2D eigenvalue weighted by molar-refractivity contribution is 5.91. The van der Waals surface area contributed by atoms with Gasteiger partial charge in [-0.1, -0.05) is 23.8 Å². The molecule has 0 spiro atoms. The van der Waals surface area contributed by atoms with Gasteiger partial charge in [0.25, 0.3) is 0 Å². The molecule has 0 aliphatic heterocycles. The Morgan fingerprint density at radius 2 is 1.81 bits per heavy atom. The van der Waals surface area contributed by atoms with E-state index >= 15 is 0 Å². The first-order valence-electron chi connectivity index (χ1n) is 9.07. The topological polar surface area (TPSA) is 43.6 Å². The number of carbonyl (C=O) groups is 1. The first-order valence-corrected chi connectivity index (χ1v) is 9.07. The number of aryl methyl sites for hydroxylation is 2. The van der Waals surface area contributed by atoms with E-state index in [2.05, 4.69) is 60.7 Å². The molecule has 0 radical (unpaired) electrons. The van der Waals surface area contributed by atoms with Crippen LogP contribution in [0.15, 0.2) is 59.6 Å². The van der Waals surface area contributed by atoms with Gasteiger partial charge in [0.05, 0.1) is 17.9 Å². The molecule has 138 valence electrons. The molecular weight excluding hydrogens is 336 g/mol. The second kappa shape index (κ2) is 8.04. The van der Waals surface area contributed by atoms with Gasteiger partial charge in [-0.3, -0.25) is 4.99 Å². The molecule has 1 aromatic heterocycles. The first-order chi connectivity index (χ1) is 13.0. The molecule has 0 unspecified atom stereocenters. The maximum Gasteiger partial charge on any atom is 0.338 e. The van der Waals surface area contributed by atoms with Gasteiger partial charge in [-0.15, -0.1) is 0 Å². The Morgan fingerprint density at radius 1 is 1.07 bits per heavy atom. The average Bonchev–Trinajstić information content (AvgIpc) is 2.95. The fourth-order valence-electron chi connectivity index (χ4n) is 3.08. The molecule has 0 saturated heterocycles. The van der Waals surface area contributed by atoms with Crippen LogP contribution in [0.5, 0.6) is 0 Å². The van der Waals surface area contributed by atoms with E-state index in [0.717, 1.165) is 28.3 Å². The van der Waals surface area contributed by atoms with Crippen LogP contribution in [0, 0.1) is 20.8 Å². The molecule has 0 atom stereocenters. The lowest BCUT2D eigenvalue weighted by Crippen LogP contribution is -2.03. The summed E-state index contributed by atoms with van der Waals surface area (Å²) in [6.07, 6.45) is 1.84. The van der Waals surface area contributed by atoms with E-state index in [1.165, 1.54) is 5.56 Å². The van der Waals surface area contributed by atoms with E-state index < -0.39 is 0 Å². The second-order valence-corrected chi connectivity index (χ2v) is 6.53. The number of aliphatic imine (C=N–C) groups is 1. The molecule has 0 saturated carbocycles. The minimum atomic E-state index is -0.327. The zero-order valence-electron chi connectivity index (χ0n) is 16.2. The van der Waals surface area contributed by atoms with E-state index in [9.17, 15) is 4.79 Å². The van der Waals surface area contributed by atoms with Crippen molar-refractivity contribution in [1.29, 1.82) is 0 Å². The van der Waals surface area contributed by atoms with Crippen LogP contribution >= 0.6 is 0 Å². The Balaban J connectivity index is 1.88. The molecule has 2 aromatic carbocycles. The SMILES string of the molecule is CCOC(=O)c1cccc(N=Cc2cc(C)n(-c3ccc(C)cc3)c2C)c1. The van der Waals surface area contributed by atoms with Crippen molar-refractivity contribution >= 4 is 17.9 Å². The predicted octanol–water partition coefficient (Wildman–Crippen LogP) is 5.33. The number of benzene rings is 2. The molecule has 0 fully saturated rings. The van der Waals surface area contributed by atoms with Gasteiger partial charge in [-0.05, 0) is 64.1 Å². The molecule has 0 N–H and O–H groups in total. The number of ether oxygens (including phenoxy) is 1. The van der Waals surface area contributed by atoms with Gasteiger partial charge in [0.1, 0.15) is 0 Å². The maximum atomic E-state index is 11.9. The van der Waals surface area contributed by atoms with Crippen molar-refractivity contribution < 1.29 is 9.53 Å². The molecule has 0 aliphatic carbocycles. The van der Waals surface area contributed by atoms with Gasteiger partial charge < -0.3 is 9.30 Å². The maximum absolute atomic E-state index is 11.9. The summed E-state index contributed by atoms with van der Waals surface area (Å²) in [5, 5.41) is 0. The lowest BCUT2D eigenvalue weighted by Gasteiger charge is -2.09. The molecule has 0 bridgehead atoms. The Hall–Kier alpha value is -3.14. The largest absolute Gasteiger partial charge is 0.462 e. The zero-order valence-corrected chi connectivity index (χ0v) is 16.2. The van der Waals surface area contributed by atoms with E-state index in [1.807, 2.05) is 18.3 Å². The summed E-state index contributed by atoms with van der Waals surface area (Å²) >= 11 is 0. The fraction of sp³-hybridized carbons (Fsp3) is 0.217. The van der Waals surface area contributed by atoms with Crippen molar-refractivity contribution in [1.82, 2.24) is 4.57 Å². The number of hydrogen-bond acceptors (Lipinski definition) is 3. The lowest BCUT2D eigenvalue weighted by molar-refractivity contribution is 0.0526. The smallest absolute Gasteiger partial charge is 0.338 e. The summed E-state index contributed by atoms with van der Waals surface area (Å²) in [7, 11) is 0. The first kappa shape index (κ1) is 18.6. The summed E-state index contributed by atoms with van der Waals surface area (Å²) in [5.41, 5.74) is 6.94. The number of nitrogens with zero attached hydrogens (tertiary/aromatic N) is 2. The fourth-order valence-corrected chi connectivity index (χ4v) is 3.08. The van der Waals surface area contributed by atoms with Crippen molar-refractivity contribution in [2.75, 3.05) is 6.61 Å². The molecule has 27 heavy (non-hydrogen) atoms. The number of hydrogen-bond donors (Lipinski definition) is 0. The molecule has 4 heteroatoms. The molecule has 3 rings (SSSR count). The summed E-state index contributed by atoms with van der Waals surface area (Å²) in [5.74, 6) is -0.327. The van der Waals surface area contributed by atoms with E-state index in [0.29, 0.717) is 12.2 Å². The van der Waals surface area contributed by atoms with E-state index in [4.69, 9.17) is 4.74 Å². The minimum absolute atomic E-state index is 0.327. The van der Waals surface area contributed by atoms with Crippen LogP contribution in [0.3, 0.4) is 0 Å². The van der Waals surface area contributed by atoms with E-state index in [1.54, 1.807) is 19.1 Å². The van der Waals surface area contributed by atoms with Gasteiger partial charge in [-0.2, -0.15) is 0 Å². The van der Waals surface area contributed by atoms with Crippen LogP contribution in [0.25, 0.3) is 5.69 Å². The third kappa shape index (κ3) is 4.17. The van der Waals surface area contributed by atoms with Crippen LogP contribution in [0.2, 0.25) is 0 Å². The number of rotatable bonds is 5. The van der Waals surface area contributed by atoms with Gasteiger partial charge in [-0.25, -0.2) is 4.79 Å². The lowest BCUT2D eigenvalue weighted by atomic mass is 10.2. The summed E-state index contributed by atoms with van der Waals surface area (Å²) < 4.78 is 7.27. The van der Waals surface area contributed by atoms with E-state index in [-0.39, 0.29) is 5.97 Å². The Morgan fingerprint density at radius 3 is 2.52 bits per heavy atom. The standard InChI is InChI=1S/C23H24N2O2/c1-5-27-23(26)19-7-6-8-21(14-19)24-15-20-13-17(3)25(18(20)4)22-11-9-16(2)10-12-22/h6-15H,5H2,1-4H3. The Kier molecular flexibility index (Phi) is 5.55. The van der Waals surface area contributed by atoms with Crippen LogP contribution in [-0.2, 0) is 4.74 Å². The van der Waals surface area contributed by atoms with Gasteiger partial charge in [0.15, 0.2) is 0 Å². The third-order valence-corrected chi connectivity index (χ3v) is 4.47. The van der Waals surface area contributed by atoms with Crippen molar-refractivity contribution in [2.24, 2.45) is 4.99 Å². The Labute approximate surface area is 160 Å². The summed E-state index contributed by atoms with van der Waals surface area (Å²) in [4.78, 5) is 16.4. The predicted molar refractivity (Wildman–Crippen MR) is 110 cm³/mol. The van der Waals surface area contributed by atoms with Crippen molar-refractivity contribution in [3.8, 4) is 5.69 Å². The molecule has 0 amide bonds. The second-order valence-electron chi connectivity index (χ2n) is 6.53. The highest BCUT2D eigenvalue weighted by atomic mass is 16.5. The molecule has 3 aromatic rings. The summed E-state index contributed by atoms with van der Waals surface area (Å²) in [6, 6.07) is 17.8. The molecule has 0 aliphatic rings. The third-order valence-electron chi connectivity index (χ3n) is 4.47. The van der Waals surface area contributed by atoms with Crippen LogP contribution < -0.4 is 0 Å². The minimum Gasteiger partial charge on any atom is -0.462 e. The number of aromatic nitrogens is 1. The van der Waals surface area contributed by atoms with Crippen molar-refractivity contribution in [2.45, 2.75) is 27.7 Å². The number of carbonyl (C=O) groups excluding carboxylic acids is 1. The quantitative estimate of drug-likeness (QED) is 0.456. The van der Waals surface area contributed by atoms with Crippen LogP contribution in [0.4, 0.5) is 5.69 Å². The molecule has 1 heterocycles.